The van der Waals surface area contributed by atoms with Crippen molar-refractivity contribution in [1.29, 1.82) is 0 Å². The van der Waals surface area contributed by atoms with E-state index < -0.39 is 26.0 Å². The molecule has 2 aliphatic rings. The summed E-state index contributed by atoms with van der Waals surface area (Å²) in [5, 5.41) is 0. The van der Waals surface area contributed by atoms with E-state index in [-0.39, 0.29) is 35.3 Å². The minimum absolute atomic E-state index is 0.0122. The molecule has 174 valence electrons. The summed E-state index contributed by atoms with van der Waals surface area (Å²) in [6.07, 6.45) is 1.49. The molecule has 12 heteroatoms. The third-order valence-corrected chi connectivity index (χ3v) is 8.91. The lowest BCUT2D eigenvalue weighted by atomic mass is 10.1. The van der Waals surface area contributed by atoms with Crippen molar-refractivity contribution in [3.05, 3.63) is 48.4 Å². The van der Waals surface area contributed by atoms with Crippen LogP contribution >= 0.6 is 0 Å². The molecule has 3 heterocycles. The third kappa shape index (κ3) is 4.74. The Bertz CT molecular complexity index is 1160. The number of amides is 1. The fourth-order valence-corrected chi connectivity index (χ4v) is 6.42. The molecule has 1 N–H and O–H groups in total. The van der Waals surface area contributed by atoms with Gasteiger partial charge in [0.1, 0.15) is 5.76 Å². The Kier molecular flexibility index (Phi) is 6.41. The molecule has 1 amide bonds. The number of nitrogens with zero attached hydrogens (tertiary/aromatic N) is 3. The van der Waals surface area contributed by atoms with Gasteiger partial charge in [0.2, 0.25) is 26.0 Å². The normalized spacial score (nSPS) is 21.2. The summed E-state index contributed by atoms with van der Waals surface area (Å²) in [5.41, 5.74) is 0.136. The first kappa shape index (κ1) is 22.9. The number of carbonyl (C=O) groups excluding carboxylic acids is 1. The highest BCUT2D eigenvalue weighted by atomic mass is 32.2. The summed E-state index contributed by atoms with van der Waals surface area (Å²) in [6.45, 7) is 3.46. The average molecular weight is 483 g/mol. The number of rotatable bonds is 7. The lowest BCUT2D eigenvalue weighted by molar-refractivity contribution is -0.116. The van der Waals surface area contributed by atoms with E-state index in [1.165, 1.54) is 24.3 Å². The minimum Gasteiger partial charge on any atom is -0.468 e. The second kappa shape index (κ2) is 8.94. The van der Waals surface area contributed by atoms with Crippen molar-refractivity contribution in [1.82, 2.24) is 14.5 Å². The largest absolute Gasteiger partial charge is 0.468 e. The predicted octanol–water partition coefficient (Wildman–Crippen LogP) is 0.613. The van der Waals surface area contributed by atoms with Gasteiger partial charge in [0, 0.05) is 39.1 Å². The quantitative estimate of drug-likeness (QED) is 0.610. The Morgan fingerprint density at radius 2 is 1.78 bits per heavy atom. The number of sulfonamides is 2. The van der Waals surface area contributed by atoms with Crippen LogP contribution in [0.2, 0.25) is 0 Å². The number of furan rings is 1. The molecule has 32 heavy (non-hydrogen) atoms. The molecule has 1 aromatic carbocycles. The Hall–Kier alpha value is -2.25. The predicted molar refractivity (Wildman–Crippen MR) is 118 cm³/mol. The zero-order valence-electron chi connectivity index (χ0n) is 17.7. The van der Waals surface area contributed by atoms with Crippen molar-refractivity contribution in [2.75, 3.05) is 49.8 Å². The zero-order valence-corrected chi connectivity index (χ0v) is 19.3. The van der Waals surface area contributed by atoms with Crippen LogP contribution in [-0.2, 0) is 24.8 Å². The maximum Gasteiger partial charge on any atom is 0.242 e. The highest BCUT2D eigenvalue weighted by molar-refractivity contribution is 7.94. The van der Waals surface area contributed by atoms with Crippen LogP contribution < -0.4 is 9.03 Å². The Labute approximate surface area is 187 Å². The lowest BCUT2D eigenvalue weighted by Gasteiger charge is -2.37. The van der Waals surface area contributed by atoms with E-state index in [1.54, 1.807) is 12.3 Å². The van der Waals surface area contributed by atoms with Crippen LogP contribution in [0.15, 0.2) is 52.0 Å². The Morgan fingerprint density at radius 1 is 1.09 bits per heavy atom. The monoisotopic (exact) mass is 482 g/mol. The van der Waals surface area contributed by atoms with Crippen LogP contribution in [0.25, 0.3) is 0 Å². The van der Waals surface area contributed by atoms with Crippen LogP contribution in [-0.4, -0.2) is 78.1 Å². The van der Waals surface area contributed by atoms with Crippen LogP contribution in [0, 0.1) is 0 Å². The number of likely N-dealkylation sites (N-methyl/N-ethyl adjacent to an activating group) is 1. The number of carbonyl (C=O) groups is 1. The molecular weight excluding hydrogens is 456 g/mol. The number of nitrogens with one attached hydrogen (secondary N) is 1. The van der Waals surface area contributed by atoms with Crippen molar-refractivity contribution in [2.45, 2.75) is 17.4 Å². The highest BCUT2D eigenvalue weighted by Gasteiger charge is 2.36. The summed E-state index contributed by atoms with van der Waals surface area (Å²) in [6, 6.07) is 8.63. The van der Waals surface area contributed by atoms with Gasteiger partial charge in [-0.2, -0.15) is 0 Å². The zero-order chi connectivity index (χ0) is 22.9. The number of anilines is 1. The molecular formula is C20H26N4O6S2. The van der Waals surface area contributed by atoms with E-state index in [0.29, 0.717) is 5.76 Å². The Morgan fingerprint density at radius 3 is 2.34 bits per heavy atom. The van der Waals surface area contributed by atoms with Gasteiger partial charge in [0.05, 0.1) is 28.6 Å². The van der Waals surface area contributed by atoms with Gasteiger partial charge in [-0.05, 0) is 43.4 Å². The van der Waals surface area contributed by atoms with Gasteiger partial charge in [-0.1, -0.05) is 0 Å². The third-order valence-electron chi connectivity index (χ3n) is 5.78. The standard InChI is InChI=1S/C20H26N4O6S2/c1-22-9-11-23(12-10-22)18(19-3-2-13-30-19)15-21-32(28,29)17-6-4-16(5-7-17)24-20(25)8-14-31(24,26)27/h2-7,13,18,21H,8-12,14-15H2,1H3. The molecule has 4 rings (SSSR count). The van der Waals surface area contributed by atoms with E-state index in [9.17, 15) is 21.6 Å². The van der Waals surface area contributed by atoms with Crippen LogP contribution in [0.4, 0.5) is 5.69 Å². The van der Waals surface area contributed by atoms with Crippen molar-refractivity contribution >= 4 is 31.6 Å². The van der Waals surface area contributed by atoms with Gasteiger partial charge >= 0.3 is 0 Å². The molecule has 0 spiro atoms. The number of benzene rings is 1. The molecule has 0 bridgehead atoms. The Balaban J connectivity index is 1.49. The molecule has 10 nitrogen and oxygen atoms in total. The first-order chi connectivity index (χ1) is 15.2. The summed E-state index contributed by atoms with van der Waals surface area (Å²) in [4.78, 5) is 16.3. The molecule has 2 aliphatic heterocycles. The molecule has 2 fully saturated rings. The van der Waals surface area contributed by atoms with Gasteiger partial charge in [-0.3, -0.25) is 9.69 Å². The van der Waals surface area contributed by atoms with E-state index in [2.05, 4.69) is 14.5 Å². The average Bonchev–Trinajstić information content (AvgIpc) is 3.37. The van der Waals surface area contributed by atoms with Crippen molar-refractivity contribution in [3.8, 4) is 0 Å². The summed E-state index contributed by atoms with van der Waals surface area (Å²) < 4.78 is 58.9. The SMILES string of the molecule is CN1CCN(C(CNS(=O)(=O)c2ccc(N3C(=O)CCS3(=O)=O)cc2)c2ccco2)CC1. The van der Waals surface area contributed by atoms with Crippen LogP contribution in [0.3, 0.4) is 0 Å². The van der Waals surface area contributed by atoms with E-state index >= 15 is 0 Å². The molecule has 1 unspecified atom stereocenters. The maximum atomic E-state index is 12.9. The van der Waals surface area contributed by atoms with Gasteiger partial charge in [-0.25, -0.2) is 25.9 Å². The van der Waals surface area contributed by atoms with E-state index in [4.69, 9.17) is 4.42 Å². The highest BCUT2D eigenvalue weighted by Crippen LogP contribution is 2.27. The fourth-order valence-electron chi connectivity index (χ4n) is 3.93. The first-order valence-electron chi connectivity index (χ1n) is 10.3. The number of hydrogen-bond donors (Lipinski definition) is 1. The van der Waals surface area contributed by atoms with Crippen molar-refractivity contribution < 1.29 is 26.0 Å². The lowest BCUT2D eigenvalue weighted by Crippen LogP contribution is -2.48. The molecule has 0 aliphatic carbocycles. The van der Waals surface area contributed by atoms with Gasteiger partial charge in [-0.15, -0.1) is 0 Å². The fraction of sp³-hybridized carbons (Fsp3) is 0.450. The van der Waals surface area contributed by atoms with E-state index in [1.807, 2.05) is 13.1 Å². The smallest absolute Gasteiger partial charge is 0.242 e. The van der Waals surface area contributed by atoms with E-state index in [0.717, 1.165) is 30.5 Å². The molecule has 2 saturated heterocycles. The number of piperazine rings is 1. The topological polar surface area (TPSA) is 120 Å². The molecule has 2 aromatic rings. The van der Waals surface area contributed by atoms with Crippen molar-refractivity contribution in [3.63, 3.8) is 0 Å². The summed E-state index contributed by atoms with van der Waals surface area (Å²) >= 11 is 0. The van der Waals surface area contributed by atoms with Crippen LogP contribution in [0.5, 0.6) is 0 Å². The van der Waals surface area contributed by atoms with Gasteiger partial charge in [0.25, 0.3) is 0 Å². The molecule has 0 radical (unpaired) electrons. The minimum atomic E-state index is -3.86. The second-order valence-electron chi connectivity index (χ2n) is 7.94. The maximum absolute atomic E-state index is 12.9. The summed E-state index contributed by atoms with van der Waals surface area (Å²) in [5.74, 6) is -0.0778. The second-order valence-corrected chi connectivity index (χ2v) is 11.6. The molecule has 0 saturated carbocycles. The number of hydrogen-bond acceptors (Lipinski definition) is 8. The first-order valence-corrected chi connectivity index (χ1v) is 13.4. The summed E-state index contributed by atoms with van der Waals surface area (Å²) in [7, 11) is -5.51. The van der Waals surface area contributed by atoms with Crippen molar-refractivity contribution in [2.24, 2.45) is 0 Å². The molecule has 1 aromatic heterocycles. The molecule has 1 atom stereocenters. The van der Waals surface area contributed by atoms with Crippen LogP contribution in [0.1, 0.15) is 18.2 Å². The van der Waals surface area contributed by atoms with Gasteiger partial charge in [0.15, 0.2) is 0 Å². The van der Waals surface area contributed by atoms with Gasteiger partial charge < -0.3 is 9.32 Å².